The van der Waals surface area contributed by atoms with E-state index in [1.807, 2.05) is 13.1 Å². The van der Waals surface area contributed by atoms with Crippen molar-refractivity contribution < 1.29 is 0 Å². The number of aromatic nitrogens is 2. The van der Waals surface area contributed by atoms with Crippen molar-refractivity contribution in [2.24, 2.45) is 0 Å². The van der Waals surface area contributed by atoms with Crippen LogP contribution in [0.5, 0.6) is 0 Å². The molecule has 92 valence electrons. The van der Waals surface area contributed by atoms with E-state index in [4.69, 9.17) is 11.6 Å². The molecule has 0 amide bonds. The minimum absolute atomic E-state index is 0.800. The first-order valence-electron chi connectivity index (χ1n) is 5.10. The molecule has 2 rings (SSSR count). The summed E-state index contributed by atoms with van der Waals surface area (Å²) in [5, 5.41) is 13.0. The Morgan fingerprint density at radius 3 is 2.71 bits per heavy atom. The molecular formula is C10H13ClN4S2. The molecule has 0 saturated heterocycles. The molecule has 0 aliphatic heterocycles. The minimum Gasteiger partial charge on any atom is -0.363 e. The zero-order chi connectivity index (χ0) is 12.3. The van der Waals surface area contributed by atoms with E-state index in [1.54, 1.807) is 22.7 Å². The minimum atomic E-state index is 0.800. The Morgan fingerprint density at radius 2 is 2.12 bits per heavy atom. The highest BCUT2D eigenvalue weighted by Gasteiger charge is 2.08. The number of rotatable bonds is 5. The third-order valence-corrected chi connectivity index (χ3v) is 4.28. The van der Waals surface area contributed by atoms with Gasteiger partial charge in [0.05, 0.1) is 10.9 Å². The highest BCUT2D eigenvalue weighted by molar-refractivity contribution is 7.16. The fraction of sp³-hybridized carbons (Fsp3) is 0.400. The van der Waals surface area contributed by atoms with E-state index in [1.165, 1.54) is 4.88 Å². The van der Waals surface area contributed by atoms with E-state index >= 15 is 0 Å². The van der Waals surface area contributed by atoms with Gasteiger partial charge in [0.1, 0.15) is 5.01 Å². The lowest BCUT2D eigenvalue weighted by Gasteiger charge is -2.12. The monoisotopic (exact) mass is 288 g/mol. The Morgan fingerprint density at radius 1 is 1.29 bits per heavy atom. The lowest BCUT2D eigenvalue weighted by molar-refractivity contribution is 0.320. The fourth-order valence-electron chi connectivity index (χ4n) is 1.41. The summed E-state index contributed by atoms with van der Waals surface area (Å²) in [4.78, 5) is 3.46. The van der Waals surface area contributed by atoms with E-state index in [0.717, 1.165) is 27.6 Å². The molecule has 0 aromatic carbocycles. The summed E-state index contributed by atoms with van der Waals surface area (Å²) in [6.07, 6.45) is 0. The van der Waals surface area contributed by atoms with Gasteiger partial charge in [0.2, 0.25) is 5.13 Å². The number of nitrogens with one attached hydrogen (secondary N) is 1. The fourth-order valence-corrected chi connectivity index (χ4v) is 3.35. The Hall–Kier alpha value is -0.690. The van der Waals surface area contributed by atoms with Crippen LogP contribution in [0, 0.1) is 0 Å². The normalized spacial score (nSPS) is 11.1. The molecule has 0 bridgehead atoms. The van der Waals surface area contributed by atoms with Crippen LogP contribution >= 0.6 is 34.3 Å². The smallest absolute Gasteiger partial charge is 0.205 e. The standard InChI is InChI=1S/C10H13ClN4S2/c1-12-10-14-13-9(17-10)6-15(2)5-7-3-4-8(11)16-7/h3-4H,5-6H2,1-2H3,(H,12,14). The van der Waals surface area contributed by atoms with E-state index in [0.29, 0.717) is 0 Å². The molecule has 0 aliphatic rings. The van der Waals surface area contributed by atoms with Crippen LogP contribution in [0.2, 0.25) is 4.34 Å². The number of nitrogens with zero attached hydrogens (tertiary/aromatic N) is 3. The van der Waals surface area contributed by atoms with E-state index < -0.39 is 0 Å². The van der Waals surface area contributed by atoms with Crippen molar-refractivity contribution in [3.05, 3.63) is 26.4 Å². The lowest BCUT2D eigenvalue weighted by Crippen LogP contribution is -2.16. The Balaban J connectivity index is 1.90. The average Bonchev–Trinajstić information content (AvgIpc) is 2.88. The van der Waals surface area contributed by atoms with Gasteiger partial charge in [-0.05, 0) is 19.2 Å². The highest BCUT2D eigenvalue weighted by atomic mass is 35.5. The lowest BCUT2D eigenvalue weighted by atomic mass is 10.4. The van der Waals surface area contributed by atoms with Crippen molar-refractivity contribution in [2.45, 2.75) is 13.1 Å². The Bertz CT molecular complexity index is 482. The molecule has 0 fully saturated rings. The van der Waals surface area contributed by atoms with Gasteiger partial charge in [0.25, 0.3) is 0 Å². The summed E-state index contributed by atoms with van der Waals surface area (Å²) in [6, 6.07) is 3.99. The number of halogens is 1. The van der Waals surface area contributed by atoms with Crippen LogP contribution in [0.1, 0.15) is 9.88 Å². The van der Waals surface area contributed by atoms with Crippen LogP contribution in [0.15, 0.2) is 12.1 Å². The van der Waals surface area contributed by atoms with Gasteiger partial charge in [-0.25, -0.2) is 0 Å². The van der Waals surface area contributed by atoms with Crippen molar-refractivity contribution in [1.82, 2.24) is 15.1 Å². The molecule has 1 N–H and O–H groups in total. The van der Waals surface area contributed by atoms with Gasteiger partial charge < -0.3 is 5.32 Å². The third kappa shape index (κ3) is 3.64. The first kappa shape index (κ1) is 12.8. The van der Waals surface area contributed by atoms with Crippen molar-refractivity contribution in [3.8, 4) is 0 Å². The molecule has 2 heterocycles. The predicted molar refractivity (Wildman–Crippen MR) is 74.0 cm³/mol. The van der Waals surface area contributed by atoms with Crippen LogP contribution in [0.25, 0.3) is 0 Å². The summed E-state index contributed by atoms with van der Waals surface area (Å²) >= 11 is 9.09. The van der Waals surface area contributed by atoms with Gasteiger partial charge in [-0.1, -0.05) is 22.9 Å². The van der Waals surface area contributed by atoms with Crippen molar-refractivity contribution in [1.29, 1.82) is 0 Å². The summed E-state index contributed by atoms with van der Waals surface area (Å²) in [7, 11) is 3.91. The predicted octanol–water partition coefficient (Wildman–Crippen LogP) is 2.93. The van der Waals surface area contributed by atoms with Crippen LogP contribution < -0.4 is 5.32 Å². The molecule has 17 heavy (non-hydrogen) atoms. The van der Waals surface area contributed by atoms with Crippen LogP contribution in [0.3, 0.4) is 0 Å². The van der Waals surface area contributed by atoms with Crippen LogP contribution in [-0.2, 0) is 13.1 Å². The molecule has 4 nitrogen and oxygen atoms in total. The topological polar surface area (TPSA) is 41.1 Å². The van der Waals surface area contributed by atoms with E-state index in [9.17, 15) is 0 Å². The van der Waals surface area contributed by atoms with Crippen LogP contribution in [0.4, 0.5) is 5.13 Å². The number of thiophene rings is 1. The molecule has 0 unspecified atom stereocenters. The van der Waals surface area contributed by atoms with Gasteiger partial charge in [0.15, 0.2) is 0 Å². The van der Waals surface area contributed by atoms with Gasteiger partial charge in [-0.15, -0.1) is 21.5 Å². The zero-order valence-electron chi connectivity index (χ0n) is 9.61. The van der Waals surface area contributed by atoms with E-state index in [2.05, 4.69) is 33.5 Å². The second kappa shape index (κ2) is 5.77. The summed E-state index contributed by atoms with van der Waals surface area (Å²) in [6.45, 7) is 1.68. The quantitative estimate of drug-likeness (QED) is 0.918. The Kier molecular flexibility index (Phi) is 4.33. The van der Waals surface area contributed by atoms with Crippen molar-refractivity contribution in [3.63, 3.8) is 0 Å². The van der Waals surface area contributed by atoms with Gasteiger partial charge in [-0.3, -0.25) is 4.90 Å². The highest BCUT2D eigenvalue weighted by Crippen LogP contribution is 2.23. The molecule has 0 radical (unpaired) electrons. The van der Waals surface area contributed by atoms with Crippen molar-refractivity contribution in [2.75, 3.05) is 19.4 Å². The molecule has 7 heteroatoms. The molecule has 2 aromatic heterocycles. The number of anilines is 1. The summed E-state index contributed by atoms with van der Waals surface area (Å²) in [5.74, 6) is 0. The van der Waals surface area contributed by atoms with Gasteiger partial charge in [0, 0.05) is 18.5 Å². The Labute approximate surface area is 113 Å². The number of hydrogen-bond acceptors (Lipinski definition) is 6. The zero-order valence-corrected chi connectivity index (χ0v) is 12.0. The molecule has 0 atom stereocenters. The SMILES string of the molecule is CNc1nnc(CN(C)Cc2ccc(Cl)s2)s1. The molecule has 2 aromatic rings. The van der Waals surface area contributed by atoms with Gasteiger partial charge >= 0.3 is 0 Å². The molecule has 0 aliphatic carbocycles. The first-order chi connectivity index (χ1) is 8.17. The summed E-state index contributed by atoms with van der Waals surface area (Å²) < 4.78 is 0.835. The van der Waals surface area contributed by atoms with E-state index in [-0.39, 0.29) is 0 Å². The molecule has 0 saturated carbocycles. The maximum absolute atomic E-state index is 5.90. The number of hydrogen-bond donors (Lipinski definition) is 1. The summed E-state index contributed by atoms with van der Waals surface area (Å²) in [5.41, 5.74) is 0. The molecular weight excluding hydrogens is 276 g/mol. The van der Waals surface area contributed by atoms with Gasteiger partial charge in [-0.2, -0.15) is 0 Å². The second-order valence-corrected chi connectivity index (χ2v) is 6.49. The third-order valence-electron chi connectivity index (χ3n) is 2.14. The first-order valence-corrected chi connectivity index (χ1v) is 7.11. The largest absolute Gasteiger partial charge is 0.363 e. The maximum atomic E-state index is 5.90. The van der Waals surface area contributed by atoms with Crippen LogP contribution in [-0.4, -0.2) is 29.2 Å². The average molecular weight is 289 g/mol. The second-order valence-electron chi connectivity index (χ2n) is 3.63. The van der Waals surface area contributed by atoms with Crippen molar-refractivity contribution >= 4 is 39.4 Å². The molecule has 0 spiro atoms. The maximum Gasteiger partial charge on any atom is 0.205 e.